The van der Waals surface area contributed by atoms with E-state index in [9.17, 15) is 9.59 Å². The maximum Gasteiger partial charge on any atom is 0.325 e. The highest BCUT2D eigenvalue weighted by atomic mass is 16.5. The third-order valence-corrected chi connectivity index (χ3v) is 5.92. The number of ether oxygens (including phenoxy) is 2. The zero-order valence-electron chi connectivity index (χ0n) is 18.4. The van der Waals surface area contributed by atoms with E-state index in [0.717, 1.165) is 22.3 Å². The summed E-state index contributed by atoms with van der Waals surface area (Å²) in [6.45, 7) is 2.06. The summed E-state index contributed by atoms with van der Waals surface area (Å²) < 4.78 is 10.8. The fourth-order valence-electron chi connectivity index (χ4n) is 4.18. The summed E-state index contributed by atoms with van der Waals surface area (Å²) in [5.74, 6) is 0.888. The van der Waals surface area contributed by atoms with Crippen molar-refractivity contribution in [3.05, 3.63) is 95.1 Å². The quantitative estimate of drug-likeness (QED) is 0.571. The monoisotopic (exact) mass is 430 g/mol. The SMILES string of the molecule is COc1cc(C)c(CN2C(=O)N[C@@](Cc3ccccc3)(c3ccccc3)C2=O)cc1OC. The number of hydrogen-bond acceptors (Lipinski definition) is 4. The van der Waals surface area contributed by atoms with E-state index in [1.54, 1.807) is 14.2 Å². The molecule has 1 aliphatic heterocycles. The maximum absolute atomic E-state index is 13.8. The van der Waals surface area contributed by atoms with E-state index in [2.05, 4.69) is 5.32 Å². The van der Waals surface area contributed by atoms with Crippen molar-refractivity contribution >= 4 is 11.9 Å². The van der Waals surface area contributed by atoms with Crippen LogP contribution in [0.25, 0.3) is 0 Å². The molecular formula is C26H26N2O4. The van der Waals surface area contributed by atoms with E-state index < -0.39 is 11.6 Å². The molecule has 32 heavy (non-hydrogen) atoms. The molecule has 1 N–H and O–H groups in total. The average molecular weight is 431 g/mol. The first-order chi connectivity index (χ1) is 15.5. The molecule has 0 aromatic heterocycles. The number of aryl methyl sites for hydroxylation is 1. The van der Waals surface area contributed by atoms with Gasteiger partial charge in [0, 0.05) is 6.42 Å². The number of urea groups is 1. The maximum atomic E-state index is 13.8. The van der Waals surface area contributed by atoms with Crippen LogP contribution in [0, 0.1) is 6.92 Å². The van der Waals surface area contributed by atoms with E-state index in [4.69, 9.17) is 9.47 Å². The van der Waals surface area contributed by atoms with Gasteiger partial charge >= 0.3 is 6.03 Å². The van der Waals surface area contributed by atoms with Crippen LogP contribution in [0.15, 0.2) is 72.8 Å². The van der Waals surface area contributed by atoms with E-state index in [1.807, 2.05) is 79.7 Å². The normalized spacial score (nSPS) is 17.9. The molecule has 1 heterocycles. The van der Waals surface area contributed by atoms with Crippen molar-refractivity contribution in [2.75, 3.05) is 14.2 Å². The molecule has 6 nitrogen and oxygen atoms in total. The molecule has 3 amide bonds. The topological polar surface area (TPSA) is 67.9 Å². The van der Waals surface area contributed by atoms with E-state index in [-0.39, 0.29) is 12.5 Å². The Morgan fingerprint density at radius 2 is 1.47 bits per heavy atom. The Hall–Kier alpha value is -3.80. The molecule has 0 aliphatic carbocycles. The molecule has 0 bridgehead atoms. The second-order valence-corrected chi connectivity index (χ2v) is 7.89. The second kappa shape index (κ2) is 8.75. The van der Waals surface area contributed by atoms with Gasteiger partial charge in [-0.1, -0.05) is 60.7 Å². The predicted molar refractivity (Wildman–Crippen MR) is 122 cm³/mol. The van der Waals surface area contributed by atoms with Crippen molar-refractivity contribution in [1.82, 2.24) is 10.2 Å². The van der Waals surface area contributed by atoms with Gasteiger partial charge in [0.05, 0.1) is 20.8 Å². The van der Waals surface area contributed by atoms with Gasteiger partial charge in [-0.2, -0.15) is 0 Å². The molecule has 3 aromatic rings. The fourth-order valence-corrected chi connectivity index (χ4v) is 4.18. The van der Waals surface area contributed by atoms with Crippen LogP contribution in [0.1, 0.15) is 22.3 Å². The Morgan fingerprint density at radius 3 is 2.09 bits per heavy atom. The van der Waals surface area contributed by atoms with Crippen LogP contribution in [-0.2, 0) is 23.3 Å². The molecule has 164 valence electrons. The average Bonchev–Trinajstić information content (AvgIpc) is 3.06. The zero-order chi connectivity index (χ0) is 22.7. The molecule has 0 saturated carbocycles. The summed E-state index contributed by atoms with van der Waals surface area (Å²) in [5, 5.41) is 3.00. The highest BCUT2D eigenvalue weighted by Gasteiger charge is 2.52. The minimum atomic E-state index is -1.16. The van der Waals surface area contributed by atoms with Crippen LogP contribution < -0.4 is 14.8 Å². The number of amides is 3. The van der Waals surface area contributed by atoms with Gasteiger partial charge in [-0.3, -0.25) is 9.69 Å². The number of benzene rings is 3. The minimum absolute atomic E-state index is 0.139. The van der Waals surface area contributed by atoms with Crippen molar-refractivity contribution in [2.45, 2.75) is 25.4 Å². The number of carbonyl (C=O) groups is 2. The third kappa shape index (κ3) is 3.80. The fraction of sp³-hybridized carbons (Fsp3) is 0.231. The molecule has 0 spiro atoms. The van der Waals surface area contributed by atoms with Gasteiger partial charge in [-0.15, -0.1) is 0 Å². The number of rotatable bonds is 7. The van der Waals surface area contributed by atoms with Gasteiger partial charge < -0.3 is 14.8 Å². The summed E-state index contributed by atoms with van der Waals surface area (Å²) in [6.07, 6.45) is 0.365. The Kier molecular flexibility index (Phi) is 5.86. The first kappa shape index (κ1) is 21.4. The predicted octanol–water partition coefficient (Wildman–Crippen LogP) is 4.20. The summed E-state index contributed by atoms with van der Waals surface area (Å²) >= 11 is 0. The lowest BCUT2D eigenvalue weighted by Gasteiger charge is -2.27. The van der Waals surface area contributed by atoms with E-state index in [0.29, 0.717) is 17.9 Å². The summed E-state index contributed by atoms with van der Waals surface area (Å²) in [6, 6.07) is 22.4. The summed E-state index contributed by atoms with van der Waals surface area (Å²) in [4.78, 5) is 28.2. The molecule has 0 unspecified atom stereocenters. The molecular weight excluding hydrogens is 404 g/mol. The molecule has 1 atom stereocenters. The van der Waals surface area contributed by atoms with Gasteiger partial charge in [-0.05, 0) is 41.3 Å². The number of methoxy groups -OCH3 is 2. The highest BCUT2D eigenvalue weighted by Crippen LogP contribution is 2.36. The van der Waals surface area contributed by atoms with Gasteiger partial charge in [0.25, 0.3) is 5.91 Å². The first-order valence-electron chi connectivity index (χ1n) is 10.4. The van der Waals surface area contributed by atoms with Gasteiger partial charge in [-0.25, -0.2) is 4.79 Å². The van der Waals surface area contributed by atoms with Crippen molar-refractivity contribution in [2.24, 2.45) is 0 Å². The number of nitrogens with one attached hydrogen (secondary N) is 1. The molecule has 1 aliphatic rings. The van der Waals surface area contributed by atoms with Crippen molar-refractivity contribution in [3.8, 4) is 11.5 Å². The third-order valence-electron chi connectivity index (χ3n) is 5.92. The second-order valence-electron chi connectivity index (χ2n) is 7.89. The van der Waals surface area contributed by atoms with Crippen molar-refractivity contribution in [1.29, 1.82) is 0 Å². The Balaban J connectivity index is 1.72. The minimum Gasteiger partial charge on any atom is -0.493 e. The molecule has 4 rings (SSSR count). The van der Waals surface area contributed by atoms with Crippen LogP contribution in [0.2, 0.25) is 0 Å². The number of nitrogens with zero attached hydrogens (tertiary/aromatic N) is 1. The first-order valence-corrected chi connectivity index (χ1v) is 10.4. The molecule has 1 saturated heterocycles. The van der Waals surface area contributed by atoms with Crippen LogP contribution in [-0.4, -0.2) is 31.1 Å². The molecule has 1 fully saturated rings. The largest absolute Gasteiger partial charge is 0.493 e. The van der Waals surface area contributed by atoms with Crippen molar-refractivity contribution < 1.29 is 19.1 Å². The molecule has 3 aromatic carbocycles. The van der Waals surface area contributed by atoms with Gasteiger partial charge in [0.1, 0.15) is 0 Å². The van der Waals surface area contributed by atoms with E-state index in [1.165, 1.54) is 4.90 Å². The summed E-state index contributed by atoms with van der Waals surface area (Å²) in [7, 11) is 3.14. The number of carbonyl (C=O) groups excluding carboxylic acids is 2. The standard InChI is InChI=1S/C26H26N2O4/c1-18-14-22(31-2)23(32-3)15-20(18)17-28-24(29)26(27-25(28)30,21-12-8-5-9-13-21)16-19-10-6-4-7-11-19/h4-15H,16-17H2,1-3H3,(H,27,30)/t26-/m0/s1. The number of imide groups is 1. The molecule has 0 radical (unpaired) electrons. The van der Waals surface area contributed by atoms with Crippen LogP contribution in [0.5, 0.6) is 11.5 Å². The van der Waals surface area contributed by atoms with Crippen LogP contribution in [0.4, 0.5) is 4.79 Å². The molecule has 6 heteroatoms. The highest BCUT2D eigenvalue weighted by molar-refractivity contribution is 6.07. The Bertz CT molecular complexity index is 1130. The lowest BCUT2D eigenvalue weighted by Crippen LogP contribution is -2.46. The zero-order valence-corrected chi connectivity index (χ0v) is 18.4. The van der Waals surface area contributed by atoms with Gasteiger partial charge in [0.2, 0.25) is 0 Å². The van der Waals surface area contributed by atoms with E-state index >= 15 is 0 Å². The lowest BCUT2D eigenvalue weighted by atomic mass is 9.83. The van der Waals surface area contributed by atoms with Crippen LogP contribution in [0.3, 0.4) is 0 Å². The smallest absolute Gasteiger partial charge is 0.325 e. The number of hydrogen-bond donors (Lipinski definition) is 1. The van der Waals surface area contributed by atoms with Gasteiger partial charge in [0.15, 0.2) is 17.0 Å². The van der Waals surface area contributed by atoms with Crippen molar-refractivity contribution in [3.63, 3.8) is 0 Å². The Morgan fingerprint density at radius 1 is 0.875 bits per heavy atom. The lowest BCUT2D eigenvalue weighted by molar-refractivity contribution is -0.132. The van der Waals surface area contributed by atoms with Crippen LogP contribution >= 0.6 is 0 Å². The Labute approximate surface area is 187 Å². The summed E-state index contributed by atoms with van der Waals surface area (Å²) in [5.41, 5.74) is 2.28.